The second-order valence-corrected chi connectivity index (χ2v) is 6.46. The van der Waals surface area contributed by atoms with Crippen LogP contribution in [0.3, 0.4) is 0 Å². The zero-order chi connectivity index (χ0) is 15.8. The summed E-state index contributed by atoms with van der Waals surface area (Å²) >= 11 is 0. The molecule has 2 aliphatic rings. The van der Waals surface area contributed by atoms with E-state index in [0.717, 1.165) is 31.4 Å². The van der Waals surface area contributed by atoms with Gasteiger partial charge < -0.3 is 4.90 Å². The number of rotatable bonds is 3. The molecule has 0 saturated heterocycles. The van der Waals surface area contributed by atoms with Crippen LogP contribution in [0.15, 0.2) is 60.3 Å². The molecule has 1 atom stereocenters. The molecular weight excluding hydrogens is 282 g/mol. The third kappa shape index (κ3) is 2.39. The Balaban J connectivity index is 1.65. The van der Waals surface area contributed by atoms with Crippen molar-refractivity contribution in [2.24, 2.45) is 0 Å². The zero-order valence-electron chi connectivity index (χ0n) is 13.5. The summed E-state index contributed by atoms with van der Waals surface area (Å²) in [6.07, 6.45) is 3.23. The lowest BCUT2D eigenvalue weighted by Gasteiger charge is -2.35. The molecule has 2 heteroatoms. The number of nitrogens with zero attached hydrogens (tertiary/aromatic N) is 1. The first-order chi connectivity index (χ1) is 11.3. The minimum Gasteiger partial charge on any atom is -0.364 e. The number of benzene rings is 2. The van der Waals surface area contributed by atoms with E-state index in [1.54, 1.807) is 0 Å². The van der Waals surface area contributed by atoms with Crippen LogP contribution in [0, 0.1) is 0 Å². The summed E-state index contributed by atoms with van der Waals surface area (Å²) in [5.74, 6) is 0.218. The van der Waals surface area contributed by atoms with Crippen LogP contribution >= 0.6 is 0 Å². The van der Waals surface area contributed by atoms with Crippen molar-refractivity contribution < 1.29 is 4.79 Å². The molecule has 1 unspecified atom stereocenters. The van der Waals surface area contributed by atoms with Gasteiger partial charge in [0.05, 0.1) is 6.04 Å². The first-order valence-corrected chi connectivity index (χ1v) is 8.42. The summed E-state index contributed by atoms with van der Waals surface area (Å²) in [7, 11) is 0. The predicted molar refractivity (Wildman–Crippen MR) is 93.2 cm³/mol. The fourth-order valence-electron chi connectivity index (χ4n) is 3.94. The van der Waals surface area contributed by atoms with Gasteiger partial charge in [-0.1, -0.05) is 54.6 Å². The molecule has 2 aromatic carbocycles. The van der Waals surface area contributed by atoms with Gasteiger partial charge in [-0.25, -0.2) is 0 Å². The molecule has 1 aliphatic heterocycles. The van der Waals surface area contributed by atoms with Crippen LogP contribution < -0.4 is 0 Å². The molecule has 0 radical (unpaired) electrons. The largest absolute Gasteiger partial charge is 0.364 e. The topological polar surface area (TPSA) is 20.3 Å². The maximum absolute atomic E-state index is 12.8. The molecule has 1 heterocycles. The van der Waals surface area contributed by atoms with Crippen molar-refractivity contribution in [3.05, 3.63) is 77.0 Å². The fraction of sp³-hybridized carbons (Fsp3) is 0.286. The first-order valence-electron chi connectivity index (χ1n) is 8.42. The highest BCUT2D eigenvalue weighted by atomic mass is 16.1. The Hall–Kier alpha value is -2.35. The third-order valence-corrected chi connectivity index (χ3v) is 5.13. The standard InChI is InChI=1S/C21H21NO/c1-15(21(23)16-8-3-2-4-9-16)22-13-7-12-19-18-11-6-5-10-17(18)14-20(19)22/h2-6,8-11,15H,7,12-14H2,1H3. The third-order valence-electron chi connectivity index (χ3n) is 5.13. The van der Waals surface area contributed by atoms with Crippen LogP contribution in [0.4, 0.5) is 0 Å². The molecular formula is C21H21NO. The Morgan fingerprint density at radius 2 is 1.78 bits per heavy atom. The van der Waals surface area contributed by atoms with Crippen molar-refractivity contribution >= 4 is 11.4 Å². The number of fused-ring (bicyclic) bond motifs is 2. The number of carbonyl (C=O) groups excluding carboxylic acids is 1. The highest BCUT2D eigenvalue weighted by Crippen LogP contribution is 2.41. The molecule has 0 spiro atoms. The number of Topliss-reactive ketones (excluding diaryl/α,β-unsaturated/α-hetero) is 1. The van der Waals surface area contributed by atoms with Gasteiger partial charge in [-0.05, 0) is 36.5 Å². The average Bonchev–Trinajstić information content (AvgIpc) is 3.00. The quantitative estimate of drug-likeness (QED) is 0.787. The van der Waals surface area contributed by atoms with E-state index in [4.69, 9.17) is 0 Å². The van der Waals surface area contributed by atoms with E-state index >= 15 is 0 Å². The molecule has 116 valence electrons. The molecule has 2 nitrogen and oxygen atoms in total. The molecule has 2 aromatic rings. The van der Waals surface area contributed by atoms with E-state index in [0.29, 0.717) is 0 Å². The lowest BCUT2D eigenvalue weighted by Crippen LogP contribution is -2.41. The maximum atomic E-state index is 12.8. The van der Waals surface area contributed by atoms with Crippen molar-refractivity contribution in [2.45, 2.75) is 32.2 Å². The van der Waals surface area contributed by atoms with Crippen molar-refractivity contribution in [3.8, 4) is 0 Å². The molecule has 4 rings (SSSR count). The Bertz CT molecular complexity index is 775. The van der Waals surface area contributed by atoms with Crippen molar-refractivity contribution in [1.82, 2.24) is 4.90 Å². The number of ketones is 1. The number of hydrogen-bond acceptors (Lipinski definition) is 2. The van der Waals surface area contributed by atoms with E-state index in [2.05, 4.69) is 29.2 Å². The molecule has 0 bridgehead atoms. The lowest BCUT2D eigenvalue weighted by atomic mass is 9.96. The minimum absolute atomic E-state index is 0.1000. The van der Waals surface area contributed by atoms with E-state index in [9.17, 15) is 4.79 Å². The Kier molecular flexibility index (Phi) is 3.53. The first kappa shape index (κ1) is 14.3. The average molecular weight is 303 g/mol. The molecule has 0 saturated carbocycles. The van der Waals surface area contributed by atoms with Crippen LogP contribution in [0.5, 0.6) is 0 Å². The number of hydrogen-bond donors (Lipinski definition) is 0. The summed E-state index contributed by atoms with van der Waals surface area (Å²) < 4.78 is 0. The van der Waals surface area contributed by atoms with Gasteiger partial charge in [-0.3, -0.25) is 4.79 Å². The Morgan fingerprint density at radius 3 is 2.61 bits per heavy atom. The van der Waals surface area contributed by atoms with E-state index in [1.807, 2.05) is 37.3 Å². The van der Waals surface area contributed by atoms with Gasteiger partial charge in [0.15, 0.2) is 5.78 Å². The monoisotopic (exact) mass is 303 g/mol. The molecule has 23 heavy (non-hydrogen) atoms. The predicted octanol–water partition coefficient (Wildman–Crippen LogP) is 4.32. The van der Waals surface area contributed by atoms with Crippen LogP contribution in [0.2, 0.25) is 0 Å². The maximum Gasteiger partial charge on any atom is 0.184 e. The van der Waals surface area contributed by atoms with Gasteiger partial charge in [0.2, 0.25) is 0 Å². The molecule has 0 aromatic heterocycles. The van der Waals surface area contributed by atoms with Gasteiger partial charge in [-0.15, -0.1) is 0 Å². The van der Waals surface area contributed by atoms with Crippen LogP contribution in [0.1, 0.15) is 41.3 Å². The van der Waals surface area contributed by atoms with E-state index in [1.165, 1.54) is 22.4 Å². The SMILES string of the molecule is CC(C(=O)c1ccccc1)N1CCCC2=C1Cc1ccccc12. The number of carbonyl (C=O) groups is 1. The summed E-state index contributed by atoms with van der Waals surface area (Å²) in [5, 5.41) is 0. The molecule has 0 fully saturated rings. The summed E-state index contributed by atoms with van der Waals surface area (Å²) in [5.41, 5.74) is 6.44. The second kappa shape index (κ2) is 5.69. The Labute approximate surface area is 137 Å². The van der Waals surface area contributed by atoms with Crippen LogP contribution in [0.25, 0.3) is 5.57 Å². The van der Waals surface area contributed by atoms with Crippen LogP contribution in [-0.4, -0.2) is 23.3 Å². The van der Waals surface area contributed by atoms with E-state index in [-0.39, 0.29) is 11.8 Å². The van der Waals surface area contributed by atoms with Crippen molar-refractivity contribution in [1.29, 1.82) is 0 Å². The smallest absolute Gasteiger partial charge is 0.184 e. The highest BCUT2D eigenvalue weighted by molar-refractivity contribution is 6.00. The fourth-order valence-corrected chi connectivity index (χ4v) is 3.94. The van der Waals surface area contributed by atoms with Gasteiger partial charge in [0.25, 0.3) is 0 Å². The zero-order valence-corrected chi connectivity index (χ0v) is 13.5. The van der Waals surface area contributed by atoms with Gasteiger partial charge >= 0.3 is 0 Å². The molecule has 0 N–H and O–H groups in total. The van der Waals surface area contributed by atoms with Gasteiger partial charge in [0.1, 0.15) is 0 Å². The van der Waals surface area contributed by atoms with Gasteiger partial charge in [-0.2, -0.15) is 0 Å². The normalized spacial score (nSPS) is 17.7. The van der Waals surface area contributed by atoms with Crippen molar-refractivity contribution in [2.75, 3.05) is 6.54 Å². The van der Waals surface area contributed by atoms with Crippen molar-refractivity contribution in [3.63, 3.8) is 0 Å². The summed E-state index contributed by atoms with van der Waals surface area (Å²) in [4.78, 5) is 15.2. The molecule has 1 aliphatic carbocycles. The van der Waals surface area contributed by atoms with E-state index < -0.39 is 0 Å². The summed E-state index contributed by atoms with van der Waals surface area (Å²) in [6.45, 7) is 3.03. The molecule has 0 amide bonds. The lowest BCUT2D eigenvalue weighted by molar-refractivity contribution is 0.0869. The minimum atomic E-state index is -0.1000. The van der Waals surface area contributed by atoms with Crippen LogP contribution in [-0.2, 0) is 6.42 Å². The number of allylic oxidation sites excluding steroid dienone is 2. The highest BCUT2D eigenvalue weighted by Gasteiger charge is 2.32. The Morgan fingerprint density at radius 1 is 1.04 bits per heavy atom. The van der Waals surface area contributed by atoms with Gasteiger partial charge in [0, 0.05) is 24.2 Å². The summed E-state index contributed by atoms with van der Waals surface area (Å²) in [6, 6.07) is 18.2. The second-order valence-electron chi connectivity index (χ2n) is 6.46.